The predicted octanol–water partition coefficient (Wildman–Crippen LogP) is 2.45. The molecule has 2 unspecified atom stereocenters. The molecule has 0 spiro atoms. The standard InChI is InChI=1S/C14H27N2/c1-13-6-2-3-10-16(13)11-5-8-14-7-4-9-15-12-14/h13-15H,1-12H2. The molecule has 2 fully saturated rings. The van der Waals surface area contributed by atoms with E-state index in [4.69, 9.17) is 0 Å². The minimum Gasteiger partial charge on any atom is -0.316 e. The second-order valence-electron chi connectivity index (χ2n) is 5.54. The van der Waals surface area contributed by atoms with Crippen LogP contribution < -0.4 is 5.32 Å². The monoisotopic (exact) mass is 223 g/mol. The topological polar surface area (TPSA) is 15.3 Å². The first-order chi connectivity index (χ1) is 7.86. The van der Waals surface area contributed by atoms with Gasteiger partial charge >= 0.3 is 0 Å². The van der Waals surface area contributed by atoms with Gasteiger partial charge in [-0.15, -0.1) is 0 Å². The molecule has 93 valence electrons. The van der Waals surface area contributed by atoms with Crippen LogP contribution in [-0.2, 0) is 0 Å². The van der Waals surface area contributed by atoms with Gasteiger partial charge in [0.05, 0.1) is 0 Å². The van der Waals surface area contributed by atoms with Crippen LogP contribution in [0.1, 0.15) is 44.9 Å². The summed E-state index contributed by atoms with van der Waals surface area (Å²) >= 11 is 0. The molecular weight excluding hydrogens is 196 g/mol. The Morgan fingerprint density at radius 2 is 2.12 bits per heavy atom. The first-order valence-electron chi connectivity index (χ1n) is 7.14. The minimum atomic E-state index is 0.596. The summed E-state index contributed by atoms with van der Waals surface area (Å²) in [6.07, 6.45) is 9.70. The maximum absolute atomic E-state index is 4.26. The van der Waals surface area contributed by atoms with E-state index < -0.39 is 0 Å². The lowest BCUT2D eigenvalue weighted by molar-refractivity contribution is 0.170. The third-order valence-corrected chi connectivity index (χ3v) is 4.21. The van der Waals surface area contributed by atoms with E-state index in [9.17, 15) is 0 Å². The number of rotatable bonds is 4. The molecule has 0 saturated carbocycles. The lowest BCUT2D eigenvalue weighted by Crippen LogP contribution is -2.38. The van der Waals surface area contributed by atoms with Gasteiger partial charge in [0.25, 0.3) is 0 Å². The average Bonchev–Trinajstić information content (AvgIpc) is 2.33. The Balaban J connectivity index is 1.59. The van der Waals surface area contributed by atoms with E-state index in [2.05, 4.69) is 17.1 Å². The largest absolute Gasteiger partial charge is 0.316 e. The van der Waals surface area contributed by atoms with Crippen LogP contribution in [-0.4, -0.2) is 37.1 Å². The maximum atomic E-state index is 4.26. The van der Waals surface area contributed by atoms with E-state index in [-0.39, 0.29) is 0 Å². The summed E-state index contributed by atoms with van der Waals surface area (Å²) in [5.74, 6) is 0.946. The number of piperidine rings is 2. The maximum Gasteiger partial charge on any atom is 0.00958 e. The van der Waals surface area contributed by atoms with Crippen molar-refractivity contribution in [3.8, 4) is 0 Å². The molecular formula is C14H27N2. The van der Waals surface area contributed by atoms with Gasteiger partial charge in [-0.05, 0) is 77.5 Å². The van der Waals surface area contributed by atoms with Crippen LogP contribution in [0.25, 0.3) is 0 Å². The van der Waals surface area contributed by atoms with Gasteiger partial charge < -0.3 is 10.2 Å². The van der Waals surface area contributed by atoms with E-state index in [0.29, 0.717) is 6.04 Å². The van der Waals surface area contributed by atoms with Gasteiger partial charge in [-0.2, -0.15) is 0 Å². The van der Waals surface area contributed by atoms with E-state index in [1.165, 1.54) is 71.1 Å². The fraction of sp³-hybridized carbons (Fsp3) is 0.929. The molecule has 2 aliphatic rings. The second kappa shape index (κ2) is 6.61. The Hall–Kier alpha value is -0.0800. The Bertz CT molecular complexity index is 187. The molecule has 0 bridgehead atoms. The van der Waals surface area contributed by atoms with Crippen molar-refractivity contribution in [3.05, 3.63) is 6.92 Å². The van der Waals surface area contributed by atoms with Crippen LogP contribution in [0.15, 0.2) is 0 Å². The molecule has 2 rings (SSSR count). The highest BCUT2D eigenvalue weighted by Gasteiger charge is 2.18. The van der Waals surface area contributed by atoms with Crippen LogP contribution in [0.5, 0.6) is 0 Å². The van der Waals surface area contributed by atoms with Gasteiger partial charge in [-0.25, -0.2) is 0 Å². The van der Waals surface area contributed by atoms with Crippen LogP contribution >= 0.6 is 0 Å². The molecule has 0 aromatic heterocycles. The summed E-state index contributed by atoms with van der Waals surface area (Å²) in [4.78, 5) is 2.60. The molecule has 0 amide bonds. The molecule has 2 nitrogen and oxygen atoms in total. The number of nitrogens with zero attached hydrogens (tertiary/aromatic N) is 1. The van der Waals surface area contributed by atoms with Crippen LogP contribution in [0.2, 0.25) is 0 Å². The van der Waals surface area contributed by atoms with Crippen molar-refractivity contribution in [1.82, 2.24) is 10.2 Å². The van der Waals surface area contributed by atoms with Crippen molar-refractivity contribution < 1.29 is 0 Å². The van der Waals surface area contributed by atoms with Crippen LogP contribution in [0.4, 0.5) is 0 Å². The van der Waals surface area contributed by atoms with Gasteiger partial charge in [-0.3, -0.25) is 0 Å². The highest BCUT2D eigenvalue weighted by atomic mass is 15.1. The number of hydrogen-bond acceptors (Lipinski definition) is 2. The summed E-state index contributed by atoms with van der Waals surface area (Å²) < 4.78 is 0. The van der Waals surface area contributed by atoms with Gasteiger partial charge in [0.15, 0.2) is 0 Å². The zero-order chi connectivity index (χ0) is 11.2. The van der Waals surface area contributed by atoms with Crippen molar-refractivity contribution in [1.29, 1.82) is 0 Å². The van der Waals surface area contributed by atoms with E-state index >= 15 is 0 Å². The second-order valence-corrected chi connectivity index (χ2v) is 5.54. The summed E-state index contributed by atoms with van der Waals surface area (Å²) in [7, 11) is 0. The quantitative estimate of drug-likeness (QED) is 0.787. The van der Waals surface area contributed by atoms with Crippen LogP contribution in [0, 0.1) is 12.8 Å². The molecule has 2 aliphatic heterocycles. The molecule has 2 heteroatoms. The molecule has 0 aromatic carbocycles. The molecule has 1 N–H and O–H groups in total. The molecule has 0 aliphatic carbocycles. The molecule has 2 heterocycles. The zero-order valence-corrected chi connectivity index (χ0v) is 10.6. The fourth-order valence-corrected chi connectivity index (χ4v) is 3.11. The number of hydrogen-bond donors (Lipinski definition) is 1. The zero-order valence-electron chi connectivity index (χ0n) is 10.6. The third kappa shape index (κ3) is 3.74. The number of likely N-dealkylation sites (tertiary alicyclic amines) is 1. The summed E-state index contributed by atoms with van der Waals surface area (Å²) in [5, 5.41) is 3.51. The van der Waals surface area contributed by atoms with Crippen LogP contribution in [0.3, 0.4) is 0 Å². The molecule has 16 heavy (non-hydrogen) atoms. The van der Waals surface area contributed by atoms with Gasteiger partial charge in [0.1, 0.15) is 0 Å². The average molecular weight is 223 g/mol. The SMILES string of the molecule is [CH2]C1CCCCN1CCCC1CCCNC1. The molecule has 2 saturated heterocycles. The first-order valence-corrected chi connectivity index (χ1v) is 7.14. The van der Waals surface area contributed by atoms with E-state index in [1.54, 1.807) is 0 Å². The predicted molar refractivity (Wildman–Crippen MR) is 69.4 cm³/mol. The summed E-state index contributed by atoms with van der Waals surface area (Å²) in [6.45, 7) is 9.33. The van der Waals surface area contributed by atoms with Gasteiger partial charge in [0.2, 0.25) is 0 Å². The van der Waals surface area contributed by atoms with Gasteiger partial charge in [0, 0.05) is 6.04 Å². The Labute approximate surface area is 101 Å². The summed E-state index contributed by atoms with van der Waals surface area (Å²) in [6, 6.07) is 0.596. The van der Waals surface area contributed by atoms with E-state index in [1.807, 2.05) is 0 Å². The van der Waals surface area contributed by atoms with Gasteiger partial charge in [-0.1, -0.05) is 6.42 Å². The van der Waals surface area contributed by atoms with Crippen molar-refractivity contribution >= 4 is 0 Å². The normalized spacial score (nSPS) is 32.8. The van der Waals surface area contributed by atoms with Crippen molar-refractivity contribution in [2.24, 2.45) is 5.92 Å². The minimum absolute atomic E-state index is 0.596. The lowest BCUT2D eigenvalue weighted by Gasteiger charge is -2.33. The Morgan fingerprint density at radius 3 is 2.88 bits per heavy atom. The number of nitrogens with one attached hydrogen (secondary N) is 1. The molecule has 1 radical (unpaired) electrons. The smallest absolute Gasteiger partial charge is 0.00958 e. The highest BCUT2D eigenvalue weighted by Crippen LogP contribution is 2.19. The molecule has 0 aromatic rings. The Morgan fingerprint density at radius 1 is 1.19 bits per heavy atom. The van der Waals surface area contributed by atoms with Crippen molar-refractivity contribution in [2.45, 2.75) is 51.0 Å². The Kier molecular flexibility index (Phi) is 5.11. The summed E-state index contributed by atoms with van der Waals surface area (Å²) in [5.41, 5.74) is 0. The van der Waals surface area contributed by atoms with E-state index in [0.717, 1.165) is 5.92 Å². The first kappa shape index (κ1) is 12.4. The van der Waals surface area contributed by atoms with Crippen molar-refractivity contribution in [3.63, 3.8) is 0 Å². The van der Waals surface area contributed by atoms with Crippen molar-refractivity contribution in [2.75, 3.05) is 26.2 Å². The third-order valence-electron chi connectivity index (χ3n) is 4.21. The highest BCUT2D eigenvalue weighted by molar-refractivity contribution is 4.79. The molecule has 2 atom stereocenters. The lowest BCUT2D eigenvalue weighted by atomic mass is 9.94. The fourth-order valence-electron chi connectivity index (χ4n) is 3.11.